The Morgan fingerprint density at radius 3 is 2.66 bits per heavy atom. The van der Waals surface area contributed by atoms with Gasteiger partial charge in [-0.25, -0.2) is 14.6 Å². The smallest absolute Gasteiger partial charge is 0.227 e. The van der Waals surface area contributed by atoms with Gasteiger partial charge in [0.2, 0.25) is 5.95 Å². The normalized spacial score (nSPS) is 11.8. The van der Waals surface area contributed by atoms with Gasteiger partial charge in [-0.05, 0) is 53.1 Å². The van der Waals surface area contributed by atoms with Crippen molar-refractivity contribution in [3.05, 3.63) is 71.8 Å². The molecule has 0 aliphatic carbocycles. The molecule has 0 saturated carbocycles. The van der Waals surface area contributed by atoms with E-state index in [2.05, 4.69) is 43.8 Å². The highest BCUT2D eigenvalue weighted by atomic mass is 35.5. The molecule has 0 radical (unpaired) electrons. The number of anilines is 2. The number of nitrogens with zero attached hydrogens (tertiary/aromatic N) is 6. The van der Waals surface area contributed by atoms with Gasteiger partial charge in [0.1, 0.15) is 18.2 Å². The molecule has 4 aromatic rings. The Kier molecular flexibility index (Phi) is 6.91. The SMILES string of the molecule is CCCc1ccccc1Nc1ncc(-c2ccc(Cl)c(O[C@@H](C)Cn3cnnn3)c2)cn1. The molecular weight excluding hydrogens is 426 g/mol. The summed E-state index contributed by atoms with van der Waals surface area (Å²) in [6.45, 7) is 4.61. The molecule has 0 fully saturated rings. The first kappa shape index (κ1) is 21.7. The van der Waals surface area contributed by atoms with E-state index in [4.69, 9.17) is 16.3 Å². The molecule has 32 heavy (non-hydrogen) atoms. The minimum Gasteiger partial charge on any atom is -0.487 e. The van der Waals surface area contributed by atoms with Gasteiger partial charge in [-0.3, -0.25) is 0 Å². The Morgan fingerprint density at radius 1 is 1.09 bits per heavy atom. The van der Waals surface area contributed by atoms with Crippen LogP contribution in [0.4, 0.5) is 11.6 Å². The molecular formula is C23H24ClN7O. The van der Waals surface area contributed by atoms with Crippen molar-refractivity contribution in [2.45, 2.75) is 39.3 Å². The lowest BCUT2D eigenvalue weighted by Crippen LogP contribution is -2.20. The van der Waals surface area contributed by atoms with Crippen LogP contribution in [0.1, 0.15) is 25.8 Å². The zero-order valence-corrected chi connectivity index (χ0v) is 18.7. The number of hydrogen-bond acceptors (Lipinski definition) is 7. The minimum atomic E-state index is -0.169. The molecule has 0 aliphatic rings. The molecule has 2 heterocycles. The van der Waals surface area contributed by atoms with Gasteiger partial charge in [0.25, 0.3) is 0 Å². The summed E-state index contributed by atoms with van der Waals surface area (Å²) in [7, 11) is 0. The van der Waals surface area contributed by atoms with Crippen LogP contribution in [0.25, 0.3) is 11.1 Å². The summed E-state index contributed by atoms with van der Waals surface area (Å²) >= 11 is 6.35. The van der Waals surface area contributed by atoms with Crippen LogP contribution in [0.5, 0.6) is 5.75 Å². The molecule has 0 aliphatic heterocycles. The van der Waals surface area contributed by atoms with Crippen molar-refractivity contribution in [3.63, 3.8) is 0 Å². The summed E-state index contributed by atoms with van der Waals surface area (Å²) in [4.78, 5) is 8.99. The summed E-state index contributed by atoms with van der Waals surface area (Å²) in [5, 5.41) is 15.0. The van der Waals surface area contributed by atoms with E-state index in [1.807, 2.05) is 43.3 Å². The fraction of sp³-hybridized carbons (Fsp3) is 0.261. The van der Waals surface area contributed by atoms with Gasteiger partial charge in [0.15, 0.2) is 0 Å². The van der Waals surface area contributed by atoms with E-state index in [-0.39, 0.29) is 6.10 Å². The Morgan fingerprint density at radius 2 is 1.91 bits per heavy atom. The maximum absolute atomic E-state index is 6.35. The van der Waals surface area contributed by atoms with E-state index in [0.29, 0.717) is 23.3 Å². The third-order valence-corrected chi connectivity index (χ3v) is 5.18. The second-order valence-electron chi connectivity index (χ2n) is 7.43. The average molecular weight is 450 g/mol. The van der Waals surface area contributed by atoms with Gasteiger partial charge >= 0.3 is 0 Å². The molecule has 1 atom stereocenters. The topological polar surface area (TPSA) is 90.6 Å². The Balaban J connectivity index is 1.47. The first-order valence-corrected chi connectivity index (χ1v) is 10.8. The highest BCUT2D eigenvalue weighted by Crippen LogP contribution is 2.31. The molecule has 4 rings (SSSR count). The average Bonchev–Trinajstić information content (AvgIpc) is 3.30. The molecule has 0 amide bonds. The molecule has 1 N–H and O–H groups in total. The number of hydrogen-bond donors (Lipinski definition) is 1. The van der Waals surface area contributed by atoms with Crippen LogP contribution in [0.15, 0.2) is 61.2 Å². The monoisotopic (exact) mass is 449 g/mol. The van der Waals surface area contributed by atoms with E-state index in [0.717, 1.165) is 29.7 Å². The lowest BCUT2D eigenvalue weighted by atomic mass is 10.1. The highest BCUT2D eigenvalue weighted by Gasteiger charge is 2.12. The second-order valence-corrected chi connectivity index (χ2v) is 7.84. The van der Waals surface area contributed by atoms with Crippen LogP contribution in [-0.2, 0) is 13.0 Å². The zero-order valence-electron chi connectivity index (χ0n) is 17.9. The van der Waals surface area contributed by atoms with Crippen LogP contribution >= 0.6 is 11.6 Å². The maximum atomic E-state index is 6.35. The predicted octanol–water partition coefficient (Wildman–Crippen LogP) is 4.95. The van der Waals surface area contributed by atoms with E-state index < -0.39 is 0 Å². The van der Waals surface area contributed by atoms with Gasteiger partial charge in [-0.1, -0.05) is 49.2 Å². The number of benzene rings is 2. The minimum absolute atomic E-state index is 0.169. The number of aryl methyl sites for hydroxylation is 1. The fourth-order valence-corrected chi connectivity index (χ4v) is 3.51. The fourth-order valence-electron chi connectivity index (χ4n) is 3.35. The Labute approximate surface area is 191 Å². The van der Waals surface area contributed by atoms with Gasteiger partial charge < -0.3 is 10.1 Å². The van der Waals surface area contributed by atoms with E-state index >= 15 is 0 Å². The highest BCUT2D eigenvalue weighted by molar-refractivity contribution is 6.32. The molecule has 0 spiro atoms. The Bertz CT molecular complexity index is 1150. The van der Waals surface area contributed by atoms with Crippen molar-refractivity contribution in [2.24, 2.45) is 0 Å². The van der Waals surface area contributed by atoms with Crippen LogP contribution in [0.2, 0.25) is 5.02 Å². The van der Waals surface area contributed by atoms with Crippen LogP contribution in [0, 0.1) is 0 Å². The lowest BCUT2D eigenvalue weighted by Gasteiger charge is -2.16. The summed E-state index contributed by atoms with van der Waals surface area (Å²) in [6.07, 6.45) is 7.03. The summed E-state index contributed by atoms with van der Waals surface area (Å²) in [6, 6.07) is 13.8. The van der Waals surface area contributed by atoms with Gasteiger partial charge in [0.05, 0.1) is 11.6 Å². The third kappa shape index (κ3) is 5.39. The van der Waals surface area contributed by atoms with Crippen molar-refractivity contribution in [2.75, 3.05) is 5.32 Å². The molecule has 9 heteroatoms. The summed E-state index contributed by atoms with van der Waals surface area (Å²) in [5.74, 6) is 1.14. The van der Waals surface area contributed by atoms with Crippen molar-refractivity contribution in [1.82, 2.24) is 30.2 Å². The second kappa shape index (κ2) is 10.2. The lowest BCUT2D eigenvalue weighted by molar-refractivity contribution is 0.193. The van der Waals surface area contributed by atoms with Crippen LogP contribution in [0.3, 0.4) is 0 Å². The first-order valence-electron chi connectivity index (χ1n) is 10.5. The molecule has 164 valence electrons. The van der Waals surface area contributed by atoms with Crippen molar-refractivity contribution >= 4 is 23.2 Å². The largest absolute Gasteiger partial charge is 0.487 e. The van der Waals surface area contributed by atoms with Gasteiger partial charge in [0, 0.05) is 23.6 Å². The molecule has 0 saturated heterocycles. The van der Waals surface area contributed by atoms with E-state index in [9.17, 15) is 0 Å². The van der Waals surface area contributed by atoms with Crippen molar-refractivity contribution in [3.8, 4) is 16.9 Å². The molecule has 8 nitrogen and oxygen atoms in total. The summed E-state index contributed by atoms with van der Waals surface area (Å²) < 4.78 is 7.63. The first-order chi connectivity index (χ1) is 15.6. The maximum Gasteiger partial charge on any atom is 0.227 e. The van der Waals surface area contributed by atoms with Crippen molar-refractivity contribution < 1.29 is 4.74 Å². The third-order valence-electron chi connectivity index (χ3n) is 4.86. The molecule has 2 aromatic heterocycles. The number of aromatic nitrogens is 6. The predicted molar refractivity (Wildman–Crippen MR) is 124 cm³/mol. The standard InChI is InChI=1S/C23H24ClN7O/c1-3-6-17-7-4-5-8-21(17)28-23-25-12-19(13-26-23)18-9-10-20(24)22(11-18)32-16(2)14-31-15-27-29-30-31/h4-5,7-13,15-16H,3,6,14H2,1-2H3,(H,25,26,28)/t16-/m0/s1. The van der Waals surface area contributed by atoms with E-state index in [1.165, 1.54) is 5.56 Å². The number of nitrogens with one attached hydrogen (secondary N) is 1. The zero-order chi connectivity index (χ0) is 22.3. The number of para-hydroxylation sites is 1. The number of ether oxygens (including phenoxy) is 1. The number of tetrazole rings is 1. The van der Waals surface area contributed by atoms with Crippen LogP contribution < -0.4 is 10.1 Å². The number of halogens is 1. The van der Waals surface area contributed by atoms with Crippen molar-refractivity contribution in [1.29, 1.82) is 0 Å². The molecule has 0 unspecified atom stereocenters. The van der Waals surface area contributed by atoms with Gasteiger partial charge in [-0.15, -0.1) is 5.10 Å². The van der Waals surface area contributed by atoms with E-state index in [1.54, 1.807) is 23.4 Å². The quantitative estimate of drug-likeness (QED) is 0.386. The Hall–Kier alpha value is -3.52. The molecule has 0 bridgehead atoms. The summed E-state index contributed by atoms with van der Waals surface area (Å²) in [5.41, 5.74) is 4.06. The number of rotatable bonds is 9. The van der Waals surface area contributed by atoms with Crippen LogP contribution in [-0.4, -0.2) is 36.3 Å². The van der Waals surface area contributed by atoms with Gasteiger partial charge in [-0.2, -0.15) is 0 Å². The molecule has 2 aromatic carbocycles.